The van der Waals surface area contributed by atoms with Crippen molar-refractivity contribution in [2.24, 2.45) is 7.05 Å². The third kappa shape index (κ3) is 4.28. The second-order valence-electron chi connectivity index (χ2n) is 5.56. The first kappa shape index (κ1) is 17.2. The molecule has 0 N–H and O–H groups in total. The third-order valence-electron chi connectivity index (χ3n) is 3.87. The Hall–Kier alpha value is -2.60. The molecule has 0 aliphatic rings. The van der Waals surface area contributed by atoms with E-state index in [2.05, 4.69) is 10.2 Å². The van der Waals surface area contributed by atoms with Crippen LogP contribution in [0.2, 0.25) is 0 Å². The Kier molecular flexibility index (Phi) is 5.50. The fourth-order valence-electron chi connectivity index (χ4n) is 2.39. The smallest absolute Gasteiger partial charge is 0.191 e. The van der Waals surface area contributed by atoms with Crippen LogP contribution in [0.15, 0.2) is 59.8 Å². The van der Waals surface area contributed by atoms with Gasteiger partial charge >= 0.3 is 0 Å². The van der Waals surface area contributed by atoms with E-state index in [1.54, 1.807) is 7.11 Å². The predicted octanol–water partition coefficient (Wildman–Crippen LogP) is 3.39. The topological polar surface area (TPSA) is 57.0 Å². The molecule has 1 heterocycles. The number of carbonyl (C=O) groups excluding carboxylic acids is 1. The largest absolute Gasteiger partial charge is 0.497 e. The van der Waals surface area contributed by atoms with Gasteiger partial charge in [-0.15, -0.1) is 10.2 Å². The van der Waals surface area contributed by atoms with Crippen LogP contribution in [-0.2, 0) is 13.5 Å². The van der Waals surface area contributed by atoms with Gasteiger partial charge in [0.2, 0.25) is 0 Å². The van der Waals surface area contributed by atoms with Gasteiger partial charge < -0.3 is 9.30 Å². The Balaban J connectivity index is 1.63. The molecule has 3 rings (SSSR count). The van der Waals surface area contributed by atoms with E-state index >= 15 is 0 Å². The highest BCUT2D eigenvalue weighted by Gasteiger charge is 2.13. The van der Waals surface area contributed by atoms with Gasteiger partial charge in [0.25, 0.3) is 0 Å². The zero-order valence-electron chi connectivity index (χ0n) is 14.2. The maximum absolute atomic E-state index is 12.2. The number of hydrogen-bond donors (Lipinski definition) is 0. The van der Waals surface area contributed by atoms with E-state index in [1.165, 1.54) is 11.8 Å². The third-order valence-corrected chi connectivity index (χ3v) is 4.89. The van der Waals surface area contributed by atoms with Crippen molar-refractivity contribution in [2.45, 2.75) is 11.6 Å². The summed E-state index contributed by atoms with van der Waals surface area (Å²) >= 11 is 1.41. The summed E-state index contributed by atoms with van der Waals surface area (Å²) in [4.78, 5) is 12.2. The lowest BCUT2D eigenvalue weighted by Gasteiger charge is -2.05. The van der Waals surface area contributed by atoms with Gasteiger partial charge in [-0.3, -0.25) is 4.79 Å². The number of ether oxygens (including phenoxy) is 1. The van der Waals surface area contributed by atoms with E-state index in [9.17, 15) is 4.79 Å². The molecule has 1 aromatic heterocycles. The maximum Gasteiger partial charge on any atom is 0.191 e. The number of hydrogen-bond acceptors (Lipinski definition) is 5. The van der Waals surface area contributed by atoms with Crippen molar-refractivity contribution in [2.75, 3.05) is 12.9 Å². The van der Waals surface area contributed by atoms with Crippen LogP contribution >= 0.6 is 11.8 Å². The molecule has 0 amide bonds. The second-order valence-corrected chi connectivity index (χ2v) is 6.50. The number of aromatic nitrogens is 3. The Labute approximate surface area is 151 Å². The molecule has 0 bridgehead atoms. The highest BCUT2D eigenvalue weighted by molar-refractivity contribution is 7.99. The summed E-state index contributed by atoms with van der Waals surface area (Å²) in [6, 6.07) is 17.2. The van der Waals surface area contributed by atoms with Crippen molar-refractivity contribution in [1.82, 2.24) is 14.8 Å². The van der Waals surface area contributed by atoms with E-state index < -0.39 is 0 Å². The van der Waals surface area contributed by atoms with Gasteiger partial charge in [-0.2, -0.15) is 0 Å². The molecule has 0 spiro atoms. The standard InChI is InChI=1S/C19H19N3O2S/c1-22-18(12-14-8-10-16(24-2)11-9-14)20-21-19(22)25-13-17(23)15-6-4-3-5-7-15/h3-11H,12-13H2,1-2H3. The quantitative estimate of drug-likeness (QED) is 0.481. The molecule has 3 aromatic rings. The summed E-state index contributed by atoms with van der Waals surface area (Å²) in [7, 11) is 3.58. The summed E-state index contributed by atoms with van der Waals surface area (Å²) in [6.07, 6.45) is 0.681. The van der Waals surface area contributed by atoms with Crippen molar-refractivity contribution in [3.8, 4) is 5.75 Å². The van der Waals surface area contributed by atoms with E-state index in [4.69, 9.17) is 4.74 Å². The van der Waals surface area contributed by atoms with Gasteiger partial charge in [-0.1, -0.05) is 54.2 Å². The number of methoxy groups -OCH3 is 1. The molecule has 0 radical (unpaired) electrons. The van der Waals surface area contributed by atoms with Gasteiger partial charge in [-0.05, 0) is 17.7 Å². The highest BCUT2D eigenvalue weighted by atomic mass is 32.2. The zero-order valence-corrected chi connectivity index (χ0v) is 15.0. The molecule has 128 valence electrons. The summed E-state index contributed by atoms with van der Waals surface area (Å²) in [5.41, 5.74) is 1.85. The number of carbonyl (C=O) groups is 1. The molecule has 0 aliphatic carbocycles. The first-order chi connectivity index (χ1) is 12.2. The maximum atomic E-state index is 12.2. The number of ketones is 1. The van der Waals surface area contributed by atoms with E-state index in [-0.39, 0.29) is 5.78 Å². The van der Waals surface area contributed by atoms with Crippen LogP contribution in [0.4, 0.5) is 0 Å². The lowest BCUT2D eigenvalue weighted by Crippen LogP contribution is -2.04. The van der Waals surface area contributed by atoms with Crippen molar-refractivity contribution >= 4 is 17.5 Å². The fraction of sp³-hybridized carbons (Fsp3) is 0.211. The number of Topliss-reactive ketones (excluding diaryl/α,β-unsaturated/α-hetero) is 1. The minimum atomic E-state index is 0.0882. The molecule has 2 aromatic carbocycles. The van der Waals surface area contributed by atoms with E-state index in [0.29, 0.717) is 12.2 Å². The van der Waals surface area contributed by atoms with Crippen LogP contribution in [0.3, 0.4) is 0 Å². The average molecular weight is 353 g/mol. The average Bonchev–Trinajstić information content (AvgIpc) is 3.01. The van der Waals surface area contributed by atoms with Gasteiger partial charge in [-0.25, -0.2) is 0 Å². The van der Waals surface area contributed by atoms with Crippen LogP contribution in [0.1, 0.15) is 21.7 Å². The van der Waals surface area contributed by atoms with Crippen molar-refractivity contribution in [1.29, 1.82) is 0 Å². The molecule has 0 atom stereocenters. The van der Waals surface area contributed by atoms with Crippen LogP contribution in [0, 0.1) is 0 Å². The Morgan fingerprint density at radius 2 is 1.80 bits per heavy atom. The predicted molar refractivity (Wildman–Crippen MR) is 98.3 cm³/mol. The van der Waals surface area contributed by atoms with Crippen LogP contribution in [-0.4, -0.2) is 33.4 Å². The summed E-state index contributed by atoms with van der Waals surface area (Å²) in [5, 5.41) is 9.21. The number of benzene rings is 2. The molecule has 0 unspecified atom stereocenters. The summed E-state index contributed by atoms with van der Waals surface area (Å²) in [5.74, 6) is 2.13. The van der Waals surface area contributed by atoms with Gasteiger partial charge in [0.1, 0.15) is 11.6 Å². The monoisotopic (exact) mass is 353 g/mol. The van der Waals surface area contributed by atoms with E-state index in [0.717, 1.165) is 27.9 Å². The lowest BCUT2D eigenvalue weighted by atomic mass is 10.1. The van der Waals surface area contributed by atoms with Crippen LogP contribution in [0.25, 0.3) is 0 Å². The zero-order chi connectivity index (χ0) is 17.6. The van der Waals surface area contributed by atoms with Crippen LogP contribution < -0.4 is 4.74 Å². The molecule has 25 heavy (non-hydrogen) atoms. The number of thioether (sulfide) groups is 1. The number of rotatable bonds is 7. The lowest BCUT2D eigenvalue weighted by molar-refractivity contribution is 0.102. The SMILES string of the molecule is COc1ccc(Cc2nnc(SCC(=O)c3ccccc3)n2C)cc1. The minimum absolute atomic E-state index is 0.0882. The van der Waals surface area contributed by atoms with Gasteiger partial charge in [0.15, 0.2) is 10.9 Å². The Morgan fingerprint density at radius 3 is 2.48 bits per heavy atom. The van der Waals surface area contributed by atoms with Crippen molar-refractivity contribution in [3.05, 3.63) is 71.5 Å². The van der Waals surface area contributed by atoms with Crippen LogP contribution in [0.5, 0.6) is 5.75 Å². The summed E-state index contributed by atoms with van der Waals surface area (Å²) in [6.45, 7) is 0. The molecular formula is C19H19N3O2S. The molecule has 0 aliphatic heterocycles. The first-order valence-corrected chi connectivity index (χ1v) is 8.88. The number of nitrogens with zero attached hydrogens (tertiary/aromatic N) is 3. The molecule has 0 saturated heterocycles. The molecule has 6 heteroatoms. The molecule has 5 nitrogen and oxygen atoms in total. The molecular weight excluding hydrogens is 334 g/mol. The Bertz CT molecular complexity index is 845. The Morgan fingerprint density at radius 1 is 1.08 bits per heavy atom. The van der Waals surface area contributed by atoms with Crippen molar-refractivity contribution in [3.63, 3.8) is 0 Å². The normalized spacial score (nSPS) is 10.6. The van der Waals surface area contributed by atoms with Gasteiger partial charge in [0, 0.05) is 19.0 Å². The highest BCUT2D eigenvalue weighted by Crippen LogP contribution is 2.19. The van der Waals surface area contributed by atoms with E-state index in [1.807, 2.05) is 66.2 Å². The molecule has 0 saturated carbocycles. The first-order valence-electron chi connectivity index (χ1n) is 7.89. The molecule has 0 fully saturated rings. The minimum Gasteiger partial charge on any atom is -0.497 e. The van der Waals surface area contributed by atoms with Gasteiger partial charge in [0.05, 0.1) is 12.9 Å². The fourth-order valence-corrected chi connectivity index (χ4v) is 3.21. The second kappa shape index (κ2) is 7.98. The van der Waals surface area contributed by atoms with Crippen molar-refractivity contribution < 1.29 is 9.53 Å². The summed E-state index contributed by atoms with van der Waals surface area (Å²) < 4.78 is 7.11.